The minimum Gasteiger partial charge on any atom is -0.473 e. The van der Waals surface area contributed by atoms with Gasteiger partial charge >= 0.3 is 11.9 Å². The summed E-state index contributed by atoms with van der Waals surface area (Å²) in [6.45, 7) is 0.0941. The predicted octanol–water partition coefficient (Wildman–Crippen LogP) is 2.40. The molecular formula is C25H27ClN2O8. The fourth-order valence-corrected chi connectivity index (χ4v) is 3.24. The van der Waals surface area contributed by atoms with E-state index in [9.17, 15) is 15.3 Å². The van der Waals surface area contributed by atoms with E-state index >= 15 is 0 Å². The number of carboxylic acid groups (broad SMARTS) is 2. The van der Waals surface area contributed by atoms with Gasteiger partial charge in [0.15, 0.2) is 0 Å². The van der Waals surface area contributed by atoms with Gasteiger partial charge in [0.25, 0.3) is 0 Å². The fourth-order valence-electron chi connectivity index (χ4n) is 3.04. The van der Waals surface area contributed by atoms with E-state index in [0.717, 1.165) is 11.1 Å². The Morgan fingerprint density at radius 3 is 2.28 bits per heavy atom. The Morgan fingerprint density at radius 2 is 1.69 bits per heavy atom. The molecule has 3 aromatic rings. The van der Waals surface area contributed by atoms with Crippen molar-refractivity contribution in [3.05, 3.63) is 88.6 Å². The van der Waals surface area contributed by atoms with E-state index in [0.29, 0.717) is 35.2 Å². The van der Waals surface area contributed by atoms with E-state index in [1.165, 1.54) is 0 Å². The molecule has 0 amide bonds. The average molecular weight is 519 g/mol. The number of nitrogens with zero attached hydrogens (tertiary/aromatic N) is 1. The number of aromatic nitrogens is 1. The third-order valence-corrected chi connectivity index (χ3v) is 5.11. The van der Waals surface area contributed by atoms with Crippen LogP contribution in [0.2, 0.25) is 5.02 Å². The van der Waals surface area contributed by atoms with E-state index < -0.39 is 18.0 Å². The van der Waals surface area contributed by atoms with Crippen LogP contribution in [-0.4, -0.2) is 61.6 Å². The van der Waals surface area contributed by atoms with Gasteiger partial charge < -0.3 is 35.6 Å². The molecule has 0 spiro atoms. The summed E-state index contributed by atoms with van der Waals surface area (Å²) in [5.74, 6) is -2.67. The first-order valence-corrected chi connectivity index (χ1v) is 11.2. The predicted molar refractivity (Wildman–Crippen MR) is 131 cm³/mol. The lowest BCUT2D eigenvalue weighted by molar-refractivity contribution is -0.159. The Hall–Kier alpha value is -3.54. The number of aliphatic hydroxyl groups is 3. The van der Waals surface area contributed by atoms with Crippen LogP contribution in [0.1, 0.15) is 22.8 Å². The van der Waals surface area contributed by atoms with Gasteiger partial charge in [-0.1, -0.05) is 35.9 Å². The number of ether oxygens (including phenoxy) is 1. The van der Waals surface area contributed by atoms with Crippen LogP contribution in [0.5, 0.6) is 11.6 Å². The highest BCUT2D eigenvalue weighted by Crippen LogP contribution is 2.23. The summed E-state index contributed by atoms with van der Waals surface area (Å²) in [5, 5.41) is 47.9. The van der Waals surface area contributed by atoms with Crippen molar-refractivity contribution in [3.8, 4) is 11.6 Å². The molecule has 1 heterocycles. The number of nitrogens with one attached hydrogen (secondary N) is 1. The summed E-state index contributed by atoms with van der Waals surface area (Å²) in [7, 11) is 0. The van der Waals surface area contributed by atoms with Crippen molar-refractivity contribution >= 4 is 23.5 Å². The highest BCUT2D eigenvalue weighted by molar-refractivity contribution is 6.30. The normalized spacial score (nSPS) is 12.1. The van der Waals surface area contributed by atoms with Crippen molar-refractivity contribution in [1.82, 2.24) is 10.3 Å². The first kappa shape index (κ1) is 28.7. The number of halogens is 1. The molecule has 0 aliphatic rings. The largest absolute Gasteiger partial charge is 0.473 e. The van der Waals surface area contributed by atoms with Gasteiger partial charge in [-0.05, 0) is 53.9 Å². The van der Waals surface area contributed by atoms with Gasteiger partial charge in [0, 0.05) is 29.4 Å². The summed E-state index contributed by atoms with van der Waals surface area (Å²) in [4.78, 5) is 22.3. The van der Waals surface area contributed by atoms with Crippen LogP contribution in [0.4, 0.5) is 0 Å². The van der Waals surface area contributed by atoms with Crippen molar-refractivity contribution in [2.24, 2.45) is 0 Å². The summed E-state index contributed by atoms with van der Waals surface area (Å²) in [6, 6.07) is 17.8. The maximum absolute atomic E-state index is 10.3. The Labute approximate surface area is 212 Å². The van der Waals surface area contributed by atoms with Crippen molar-refractivity contribution in [3.63, 3.8) is 0 Å². The molecule has 192 valence electrons. The summed E-state index contributed by atoms with van der Waals surface area (Å²) in [6.07, 6.45) is 1.48. The van der Waals surface area contributed by atoms with Gasteiger partial charge in [-0.3, -0.25) is 0 Å². The van der Waals surface area contributed by atoms with E-state index in [4.69, 9.17) is 36.1 Å². The number of benzene rings is 2. The second-order valence-corrected chi connectivity index (χ2v) is 7.98. The number of aliphatic hydroxyl groups excluding tert-OH is 3. The van der Waals surface area contributed by atoms with Gasteiger partial charge in [0.2, 0.25) is 5.88 Å². The van der Waals surface area contributed by atoms with Crippen molar-refractivity contribution in [1.29, 1.82) is 0 Å². The second-order valence-electron chi connectivity index (χ2n) is 7.54. The molecule has 0 fully saturated rings. The van der Waals surface area contributed by atoms with Crippen molar-refractivity contribution in [2.45, 2.75) is 25.2 Å². The number of hydrogen-bond donors (Lipinski definition) is 6. The minimum absolute atomic E-state index is 0.0612. The Kier molecular flexibility index (Phi) is 11.8. The van der Waals surface area contributed by atoms with Crippen LogP contribution in [-0.2, 0) is 22.6 Å². The van der Waals surface area contributed by atoms with E-state index in [2.05, 4.69) is 10.3 Å². The number of pyridine rings is 1. The topological polar surface area (TPSA) is 169 Å². The van der Waals surface area contributed by atoms with E-state index in [1.807, 2.05) is 30.3 Å². The molecule has 6 N–H and O–H groups in total. The number of carbonyl (C=O) groups is 2. The van der Waals surface area contributed by atoms with Crippen molar-refractivity contribution in [2.75, 3.05) is 13.2 Å². The zero-order valence-corrected chi connectivity index (χ0v) is 19.9. The molecule has 0 radical (unpaired) electrons. The Balaban J connectivity index is 0.000000678. The first-order valence-electron chi connectivity index (χ1n) is 10.8. The maximum atomic E-state index is 10.3. The molecule has 0 saturated heterocycles. The van der Waals surface area contributed by atoms with Crippen LogP contribution in [0.25, 0.3) is 0 Å². The lowest BCUT2D eigenvalue weighted by atomic mass is 10.1. The number of aliphatic carboxylic acids is 2. The van der Waals surface area contributed by atoms with Crippen LogP contribution >= 0.6 is 11.6 Å². The van der Waals surface area contributed by atoms with E-state index in [1.54, 1.807) is 36.5 Å². The van der Waals surface area contributed by atoms with Gasteiger partial charge in [-0.2, -0.15) is 0 Å². The molecule has 0 aliphatic heterocycles. The first-order chi connectivity index (χ1) is 17.2. The van der Waals surface area contributed by atoms with Crippen LogP contribution in [0, 0.1) is 0 Å². The molecular weight excluding hydrogens is 492 g/mol. The summed E-state index contributed by atoms with van der Waals surface area (Å²) in [5.41, 5.74) is 2.35. The standard InChI is InChI=1S/C23H25ClN2O4.C2H2O4/c24-19-5-1-3-17(12-19)22(29)13-26-20(15-28)11-16-6-8-21(9-7-16)30-23-18(14-27)4-2-10-25-23;3-1(4)2(5)6/h1-10,12,20,22,26-29H,11,13-15H2;(H,3,4)(H,5,6)/t20-,22-;/m0./s1. The number of carboxylic acids is 2. The molecule has 2 aromatic carbocycles. The number of rotatable bonds is 10. The fraction of sp³-hybridized carbons (Fsp3) is 0.240. The molecule has 36 heavy (non-hydrogen) atoms. The Morgan fingerprint density at radius 1 is 1.00 bits per heavy atom. The third-order valence-electron chi connectivity index (χ3n) is 4.88. The zero-order chi connectivity index (χ0) is 26.5. The molecule has 11 heteroatoms. The molecule has 10 nitrogen and oxygen atoms in total. The average Bonchev–Trinajstić information content (AvgIpc) is 2.88. The van der Waals surface area contributed by atoms with Crippen LogP contribution in [0.15, 0.2) is 66.9 Å². The lowest BCUT2D eigenvalue weighted by Crippen LogP contribution is -2.37. The smallest absolute Gasteiger partial charge is 0.414 e. The maximum Gasteiger partial charge on any atom is 0.414 e. The van der Waals surface area contributed by atoms with Gasteiger partial charge in [0.1, 0.15) is 5.75 Å². The van der Waals surface area contributed by atoms with Gasteiger partial charge in [-0.25, -0.2) is 14.6 Å². The van der Waals surface area contributed by atoms with Gasteiger partial charge in [-0.15, -0.1) is 0 Å². The van der Waals surface area contributed by atoms with Crippen LogP contribution < -0.4 is 10.1 Å². The lowest BCUT2D eigenvalue weighted by Gasteiger charge is -2.19. The molecule has 0 bridgehead atoms. The molecule has 0 aliphatic carbocycles. The SMILES string of the molecule is O=C(O)C(=O)O.OCc1cccnc1Oc1ccc(C[C@@H](CO)NC[C@H](O)c2cccc(Cl)c2)cc1. The third kappa shape index (κ3) is 9.61. The summed E-state index contributed by atoms with van der Waals surface area (Å²) < 4.78 is 5.74. The van der Waals surface area contributed by atoms with E-state index in [-0.39, 0.29) is 19.3 Å². The minimum atomic E-state index is -1.82. The molecule has 0 unspecified atom stereocenters. The highest BCUT2D eigenvalue weighted by atomic mass is 35.5. The zero-order valence-electron chi connectivity index (χ0n) is 19.1. The number of hydrogen-bond acceptors (Lipinski definition) is 8. The van der Waals surface area contributed by atoms with Crippen LogP contribution in [0.3, 0.4) is 0 Å². The highest BCUT2D eigenvalue weighted by Gasteiger charge is 2.13. The molecule has 0 saturated carbocycles. The quantitative estimate of drug-likeness (QED) is 0.219. The Bertz CT molecular complexity index is 1120. The molecule has 3 rings (SSSR count). The van der Waals surface area contributed by atoms with Crippen molar-refractivity contribution < 1.29 is 39.9 Å². The molecule has 1 aromatic heterocycles. The monoisotopic (exact) mass is 518 g/mol. The summed E-state index contributed by atoms with van der Waals surface area (Å²) >= 11 is 5.97. The second kappa shape index (κ2) is 14.8. The van der Waals surface area contributed by atoms with Gasteiger partial charge in [0.05, 0.1) is 19.3 Å². The molecule has 2 atom stereocenters.